The van der Waals surface area contributed by atoms with Gasteiger partial charge in [-0.2, -0.15) is 0 Å². The average molecular weight is 471 g/mol. The third-order valence-electron chi connectivity index (χ3n) is 4.28. The normalized spacial score (nSPS) is 10.2. The summed E-state index contributed by atoms with van der Waals surface area (Å²) >= 11 is 3.52. The Labute approximate surface area is 184 Å². The van der Waals surface area contributed by atoms with Crippen molar-refractivity contribution in [3.8, 4) is 17.2 Å². The van der Waals surface area contributed by atoms with Crippen LogP contribution < -0.4 is 24.8 Å². The van der Waals surface area contributed by atoms with Crippen molar-refractivity contribution >= 4 is 33.2 Å². The van der Waals surface area contributed by atoms with Gasteiger partial charge in [-0.1, -0.05) is 18.2 Å². The highest BCUT2D eigenvalue weighted by Crippen LogP contribution is 2.37. The highest BCUT2D eigenvalue weighted by Gasteiger charge is 2.14. The van der Waals surface area contributed by atoms with Crippen molar-refractivity contribution in [1.82, 2.24) is 0 Å². The second-order valence-electron chi connectivity index (χ2n) is 6.39. The van der Waals surface area contributed by atoms with Crippen LogP contribution in [0.3, 0.4) is 0 Å². The first-order valence-electron chi connectivity index (χ1n) is 9.31. The molecule has 2 N–H and O–H groups in total. The zero-order valence-corrected chi connectivity index (χ0v) is 18.4. The predicted octanol–water partition coefficient (Wildman–Crippen LogP) is 5.10. The van der Waals surface area contributed by atoms with Crippen LogP contribution in [-0.2, 0) is 11.3 Å². The minimum atomic E-state index is -0.250. The summed E-state index contributed by atoms with van der Waals surface area (Å²) in [6, 6.07) is 20.8. The molecule has 1 amide bonds. The zero-order chi connectivity index (χ0) is 21.3. The van der Waals surface area contributed by atoms with Crippen LogP contribution in [0.25, 0.3) is 0 Å². The Balaban J connectivity index is 1.62. The van der Waals surface area contributed by atoms with Crippen molar-refractivity contribution in [3.05, 3.63) is 76.8 Å². The number of para-hydroxylation sites is 1. The van der Waals surface area contributed by atoms with Crippen LogP contribution in [0.15, 0.2) is 71.2 Å². The van der Waals surface area contributed by atoms with Gasteiger partial charge < -0.3 is 24.8 Å². The lowest BCUT2D eigenvalue weighted by Crippen LogP contribution is -2.20. The van der Waals surface area contributed by atoms with Crippen molar-refractivity contribution in [2.45, 2.75) is 6.54 Å². The number of benzene rings is 3. The van der Waals surface area contributed by atoms with Gasteiger partial charge in [-0.15, -0.1) is 0 Å². The summed E-state index contributed by atoms with van der Waals surface area (Å²) in [6.45, 7) is 0.462. The number of amides is 1. The Bertz CT molecular complexity index is 978. The van der Waals surface area contributed by atoms with E-state index >= 15 is 0 Å². The summed E-state index contributed by atoms with van der Waals surface area (Å²) < 4.78 is 17.1. The molecule has 156 valence electrons. The monoisotopic (exact) mass is 470 g/mol. The number of nitrogens with one attached hydrogen (secondary N) is 2. The molecule has 0 saturated heterocycles. The van der Waals surface area contributed by atoms with Crippen molar-refractivity contribution in [3.63, 3.8) is 0 Å². The molecule has 0 fully saturated rings. The predicted molar refractivity (Wildman–Crippen MR) is 122 cm³/mol. The molecule has 0 spiro atoms. The summed E-state index contributed by atoms with van der Waals surface area (Å²) in [5.41, 5.74) is 2.69. The lowest BCUT2D eigenvalue weighted by atomic mass is 10.2. The molecule has 0 unspecified atom stereocenters. The first-order valence-corrected chi connectivity index (χ1v) is 10.1. The van der Waals surface area contributed by atoms with Crippen LogP contribution in [0.2, 0.25) is 0 Å². The molecule has 30 heavy (non-hydrogen) atoms. The number of methoxy groups -OCH3 is 2. The van der Waals surface area contributed by atoms with E-state index in [9.17, 15) is 4.79 Å². The fraction of sp³-hybridized carbons (Fsp3) is 0.174. The summed E-state index contributed by atoms with van der Waals surface area (Å²) in [5.74, 6) is 1.58. The van der Waals surface area contributed by atoms with Crippen molar-refractivity contribution in [2.75, 3.05) is 31.5 Å². The number of ether oxygens (including phenoxy) is 3. The summed E-state index contributed by atoms with van der Waals surface area (Å²) in [6.07, 6.45) is 0. The van der Waals surface area contributed by atoms with E-state index in [1.807, 2.05) is 66.7 Å². The van der Waals surface area contributed by atoms with Crippen molar-refractivity contribution < 1.29 is 19.0 Å². The Morgan fingerprint density at radius 1 is 0.933 bits per heavy atom. The number of carbonyl (C=O) groups excluding carboxylic acids is 1. The first-order chi connectivity index (χ1) is 14.6. The van der Waals surface area contributed by atoms with E-state index in [-0.39, 0.29) is 12.5 Å². The van der Waals surface area contributed by atoms with E-state index in [2.05, 4.69) is 26.6 Å². The molecule has 0 heterocycles. The van der Waals surface area contributed by atoms with Gasteiger partial charge in [0.1, 0.15) is 5.75 Å². The van der Waals surface area contributed by atoms with Crippen molar-refractivity contribution in [1.29, 1.82) is 0 Å². The van der Waals surface area contributed by atoms with E-state index in [0.717, 1.165) is 22.7 Å². The van der Waals surface area contributed by atoms with Crippen LogP contribution >= 0.6 is 15.9 Å². The van der Waals surface area contributed by atoms with Crippen LogP contribution in [-0.4, -0.2) is 26.7 Å². The third kappa shape index (κ3) is 5.90. The second-order valence-corrected chi connectivity index (χ2v) is 7.25. The largest absolute Gasteiger partial charge is 0.497 e. The van der Waals surface area contributed by atoms with Gasteiger partial charge in [0.15, 0.2) is 18.1 Å². The zero-order valence-electron chi connectivity index (χ0n) is 16.8. The van der Waals surface area contributed by atoms with Gasteiger partial charge in [0.05, 0.1) is 18.7 Å². The highest BCUT2D eigenvalue weighted by atomic mass is 79.9. The maximum absolute atomic E-state index is 12.2. The first kappa shape index (κ1) is 21.5. The molecular formula is C23H23BrN2O4. The molecule has 0 aliphatic rings. The molecule has 3 rings (SSSR count). The maximum atomic E-state index is 12.2. The van der Waals surface area contributed by atoms with Gasteiger partial charge >= 0.3 is 0 Å². The van der Waals surface area contributed by atoms with E-state index in [1.54, 1.807) is 14.2 Å². The van der Waals surface area contributed by atoms with Crippen LogP contribution in [0.1, 0.15) is 5.56 Å². The number of rotatable bonds is 9. The van der Waals surface area contributed by atoms with E-state index in [1.165, 1.54) is 0 Å². The Hall–Kier alpha value is -3.19. The number of anilines is 2. The lowest BCUT2D eigenvalue weighted by Gasteiger charge is -2.15. The topological polar surface area (TPSA) is 68.8 Å². The Morgan fingerprint density at radius 2 is 1.67 bits per heavy atom. The van der Waals surface area contributed by atoms with Crippen LogP contribution in [0.5, 0.6) is 17.2 Å². The fourth-order valence-corrected chi connectivity index (χ4v) is 3.39. The van der Waals surface area contributed by atoms with E-state index < -0.39 is 0 Å². The van der Waals surface area contributed by atoms with Crippen molar-refractivity contribution in [2.24, 2.45) is 0 Å². The third-order valence-corrected chi connectivity index (χ3v) is 4.87. The van der Waals surface area contributed by atoms with E-state index in [4.69, 9.17) is 14.2 Å². The summed E-state index contributed by atoms with van der Waals surface area (Å²) in [5, 5.41) is 6.14. The Kier molecular flexibility index (Phi) is 7.57. The van der Waals surface area contributed by atoms with Gasteiger partial charge in [0.25, 0.3) is 5.91 Å². The summed E-state index contributed by atoms with van der Waals surface area (Å²) in [7, 11) is 3.21. The average Bonchev–Trinajstić information content (AvgIpc) is 2.77. The number of hydrogen-bond donors (Lipinski definition) is 2. The number of halogens is 1. The molecule has 0 bridgehead atoms. The molecule has 3 aromatic rings. The van der Waals surface area contributed by atoms with Crippen LogP contribution in [0.4, 0.5) is 11.4 Å². The molecule has 0 aliphatic carbocycles. The smallest absolute Gasteiger partial charge is 0.262 e. The van der Waals surface area contributed by atoms with Gasteiger partial charge in [-0.3, -0.25) is 4.79 Å². The molecule has 0 aromatic heterocycles. The van der Waals surface area contributed by atoms with Gasteiger partial charge in [0.2, 0.25) is 0 Å². The minimum Gasteiger partial charge on any atom is -0.497 e. The molecule has 0 atom stereocenters. The van der Waals surface area contributed by atoms with Gasteiger partial charge in [-0.25, -0.2) is 0 Å². The maximum Gasteiger partial charge on any atom is 0.262 e. The second kappa shape index (κ2) is 10.5. The number of carbonyl (C=O) groups is 1. The lowest BCUT2D eigenvalue weighted by molar-refractivity contribution is -0.118. The molecular weight excluding hydrogens is 448 g/mol. The summed E-state index contributed by atoms with van der Waals surface area (Å²) in [4.78, 5) is 12.2. The molecule has 7 heteroatoms. The van der Waals surface area contributed by atoms with Gasteiger partial charge in [-0.05, 0) is 70.0 Å². The molecule has 0 radical (unpaired) electrons. The molecule has 3 aromatic carbocycles. The van der Waals surface area contributed by atoms with Gasteiger partial charge in [0, 0.05) is 17.9 Å². The Morgan fingerprint density at radius 3 is 2.33 bits per heavy atom. The highest BCUT2D eigenvalue weighted by molar-refractivity contribution is 9.10. The minimum absolute atomic E-state index is 0.132. The fourth-order valence-electron chi connectivity index (χ4n) is 2.78. The SMILES string of the molecule is COc1ccc(NCc2cc(Br)c(OCC(=O)Nc3ccccc3)c(OC)c2)cc1. The quantitative estimate of drug-likeness (QED) is 0.455. The molecule has 0 saturated carbocycles. The molecule has 6 nitrogen and oxygen atoms in total. The molecule has 0 aliphatic heterocycles. The van der Waals surface area contributed by atoms with Crippen LogP contribution in [0, 0.1) is 0 Å². The van der Waals surface area contributed by atoms with E-state index in [0.29, 0.717) is 22.5 Å². The number of hydrogen-bond acceptors (Lipinski definition) is 5. The standard InChI is InChI=1S/C23H23BrN2O4/c1-28-19-10-8-17(9-11-19)25-14-16-12-20(24)23(21(13-16)29-2)30-15-22(27)26-18-6-4-3-5-7-18/h3-13,25H,14-15H2,1-2H3,(H,26,27).